The number of hydrogen-bond donors (Lipinski definition) is 2. The van der Waals surface area contributed by atoms with Crippen molar-refractivity contribution in [1.82, 2.24) is 10.2 Å². The first-order valence-electron chi connectivity index (χ1n) is 5.34. The minimum absolute atomic E-state index is 0.351. The molecular weight excluding hydrogens is 206 g/mol. The summed E-state index contributed by atoms with van der Waals surface area (Å²) in [7, 11) is 0. The van der Waals surface area contributed by atoms with Crippen molar-refractivity contribution in [3.8, 4) is 0 Å². The number of esters is 1. The van der Waals surface area contributed by atoms with Crippen molar-refractivity contribution in [2.45, 2.75) is 45.3 Å². The van der Waals surface area contributed by atoms with Gasteiger partial charge < -0.3 is 10.5 Å². The Morgan fingerprint density at radius 3 is 2.81 bits per heavy atom. The van der Waals surface area contributed by atoms with Gasteiger partial charge in [-0.2, -0.15) is 5.10 Å². The molecule has 16 heavy (non-hydrogen) atoms. The van der Waals surface area contributed by atoms with Gasteiger partial charge in [-0.25, -0.2) is 0 Å². The Bertz CT molecular complexity index is 327. The smallest absolute Gasteiger partial charge is 0.323 e. The molecular formula is C11H19N3O2. The summed E-state index contributed by atoms with van der Waals surface area (Å²) in [6.07, 6.45) is 4.80. The molecule has 0 aromatic carbocycles. The van der Waals surface area contributed by atoms with Gasteiger partial charge in [0.2, 0.25) is 0 Å². The first-order chi connectivity index (χ1) is 7.38. The second-order valence-electron chi connectivity index (χ2n) is 4.79. The van der Waals surface area contributed by atoms with Crippen molar-refractivity contribution in [2.75, 3.05) is 0 Å². The molecule has 0 aliphatic rings. The number of ether oxygens (including phenoxy) is 1. The Labute approximate surface area is 95.4 Å². The topological polar surface area (TPSA) is 81.0 Å². The van der Waals surface area contributed by atoms with Gasteiger partial charge in [0.15, 0.2) is 0 Å². The Hall–Kier alpha value is -1.36. The van der Waals surface area contributed by atoms with Crippen molar-refractivity contribution in [3.63, 3.8) is 0 Å². The fourth-order valence-electron chi connectivity index (χ4n) is 1.23. The van der Waals surface area contributed by atoms with Gasteiger partial charge in [-0.05, 0) is 39.2 Å². The van der Waals surface area contributed by atoms with Gasteiger partial charge in [0.1, 0.15) is 11.6 Å². The lowest BCUT2D eigenvalue weighted by Gasteiger charge is -2.22. The highest BCUT2D eigenvalue weighted by Crippen LogP contribution is 2.10. The van der Waals surface area contributed by atoms with Crippen LogP contribution in [0.25, 0.3) is 0 Å². The van der Waals surface area contributed by atoms with Crippen LogP contribution in [0.3, 0.4) is 0 Å². The Balaban J connectivity index is 2.35. The van der Waals surface area contributed by atoms with Crippen LogP contribution in [0.15, 0.2) is 12.4 Å². The van der Waals surface area contributed by atoms with Gasteiger partial charge in [0.05, 0.1) is 6.20 Å². The molecule has 1 unspecified atom stereocenters. The third-order valence-electron chi connectivity index (χ3n) is 2.01. The third kappa shape index (κ3) is 4.44. The summed E-state index contributed by atoms with van der Waals surface area (Å²) in [6.45, 7) is 5.48. The minimum atomic E-state index is -0.575. The number of aryl methyl sites for hydroxylation is 1. The van der Waals surface area contributed by atoms with E-state index in [1.807, 2.05) is 20.8 Å². The van der Waals surface area contributed by atoms with Gasteiger partial charge in [0, 0.05) is 6.20 Å². The van der Waals surface area contributed by atoms with E-state index < -0.39 is 11.6 Å². The molecule has 0 aliphatic carbocycles. The van der Waals surface area contributed by atoms with Crippen molar-refractivity contribution in [2.24, 2.45) is 5.73 Å². The molecule has 0 amide bonds. The minimum Gasteiger partial charge on any atom is -0.459 e. The fraction of sp³-hybridized carbons (Fsp3) is 0.636. The van der Waals surface area contributed by atoms with Gasteiger partial charge in [0.25, 0.3) is 0 Å². The molecule has 0 fully saturated rings. The Morgan fingerprint density at radius 1 is 1.62 bits per heavy atom. The lowest BCUT2D eigenvalue weighted by Crippen LogP contribution is -2.37. The number of nitrogens with one attached hydrogen (secondary N) is 1. The highest BCUT2D eigenvalue weighted by molar-refractivity contribution is 5.75. The number of nitrogens with two attached hydrogens (primary N) is 1. The average Bonchev–Trinajstić information content (AvgIpc) is 2.63. The van der Waals surface area contributed by atoms with Gasteiger partial charge in [-0.1, -0.05) is 0 Å². The zero-order valence-corrected chi connectivity index (χ0v) is 9.99. The number of hydrogen-bond acceptors (Lipinski definition) is 4. The SMILES string of the molecule is CC(C)(C)OC(=O)C(N)CCc1cn[nH]c1. The number of carbonyl (C=O) groups is 1. The van der Waals surface area contributed by atoms with Crippen molar-refractivity contribution >= 4 is 5.97 Å². The Morgan fingerprint density at radius 2 is 2.31 bits per heavy atom. The average molecular weight is 225 g/mol. The van der Waals surface area contributed by atoms with Crippen molar-refractivity contribution < 1.29 is 9.53 Å². The molecule has 5 heteroatoms. The van der Waals surface area contributed by atoms with E-state index in [-0.39, 0.29) is 5.97 Å². The summed E-state index contributed by atoms with van der Waals surface area (Å²) in [4.78, 5) is 11.5. The quantitative estimate of drug-likeness (QED) is 0.749. The number of carbonyl (C=O) groups excluding carboxylic acids is 1. The summed E-state index contributed by atoms with van der Waals surface area (Å²) in [5.74, 6) is -0.351. The third-order valence-corrected chi connectivity index (χ3v) is 2.01. The summed E-state index contributed by atoms with van der Waals surface area (Å²) in [6, 6.07) is -0.575. The number of aromatic nitrogens is 2. The normalized spacial score (nSPS) is 13.5. The zero-order chi connectivity index (χ0) is 12.2. The molecule has 0 saturated heterocycles. The van der Waals surface area contributed by atoms with Crippen LogP contribution >= 0.6 is 0 Å². The summed E-state index contributed by atoms with van der Waals surface area (Å²) < 4.78 is 5.18. The summed E-state index contributed by atoms with van der Waals surface area (Å²) in [5, 5.41) is 6.54. The summed E-state index contributed by atoms with van der Waals surface area (Å²) in [5.41, 5.74) is 6.29. The second kappa shape index (κ2) is 5.12. The second-order valence-corrected chi connectivity index (χ2v) is 4.79. The molecule has 0 bridgehead atoms. The van der Waals surface area contributed by atoms with Crippen LogP contribution in [0.5, 0.6) is 0 Å². The monoisotopic (exact) mass is 225 g/mol. The molecule has 1 aromatic heterocycles. The van der Waals surface area contributed by atoms with Gasteiger partial charge in [-0.15, -0.1) is 0 Å². The maximum Gasteiger partial charge on any atom is 0.323 e. The van der Waals surface area contributed by atoms with E-state index >= 15 is 0 Å². The fourth-order valence-corrected chi connectivity index (χ4v) is 1.23. The van der Waals surface area contributed by atoms with Crippen LogP contribution in [0.2, 0.25) is 0 Å². The van der Waals surface area contributed by atoms with Crippen LogP contribution in [-0.4, -0.2) is 27.8 Å². The summed E-state index contributed by atoms with van der Waals surface area (Å²) >= 11 is 0. The number of H-pyrrole nitrogens is 1. The van der Waals surface area contributed by atoms with Crippen molar-refractivity contribution in [3.05, 3.63) is 18.0 Å². The molecule has 0 spiro atoms. The first kappa shape index (κ1) is 12.7. The predicted octanol–water partition coefficient (Wildman–Crippen LogP) is 1.01. The molecule has 1 heterocycles. The van der Waals surface area contributed by atoms with Crippen LogP contribution < -0.4 is 5.73 Å². The maximum atomic E-state index is 11.5. The van der Waals surface area contributed by atoms with Crippen LogP contribution in [0, 0.1) is 0 Å². The molecule has 0 radical (unpaired) electrons. The van der Waals surface area contributed by atoms with E-state index in [0.29, 0.717) is 6.42 Å². The number of aromatic amines is 1. The van der Waals surface area contributed by atoms with Crippen molar-refractivity contribution in [1.29, 1.82) is 0 Å². The lowest BCUT2D eigenvalue weighted by molar-refractivity contribution is -0.156. The molecule has 0 aliphatic heterocycles. The Kier molecular flexibility index (Phi) is 4.06. The van der Waals surface area contributed by atoms with Crippen LogP contribution in [-0.2, 0) is 16.0 Å². The van der Waals surface area contributed by atoms with Crippen LogP contribution in [0.1, 0.15) is 32.8 Å². The van der Waals surface area contributed by atoms with Gasteiger partial charge >= 0.3 is 5.97 Å². The van der Waals surface area contributed by atoms with E-state index in [4.69, 9.17) is 10.5 Å². The largest absolute Gasteiger partial charge is 0.459 e. The zero-order valence-electron chi connectivity index (χ0n) is 9.99. The molecule has 0 saturated carbocycles. The maximum absolute atomic E-state index is 11.5. The lowest BCUT2D eigenvalue weighted by atomic mass is 10.1. The van der Waals surface area contributed by atoms with E-state index in [2.05, 4.69) is 10.2 Å². The highest BCUT2D eigenvalue weighted by atomic mass is 16.6. The number of rotatable bonds is 4. The van der Waals surface area contributed by atoms with Gasteiger partial charge in [-0.3, -0.25) is 9.89 Å². The molecule has 1 atom stereocenters. The molecule has 90 valence electrons. The molecule has 1 rings (SSSR count). The highest BCUT2D eigenvalue weighted by Gasteiger charge is 2.21. The van der Waals surface area contributed by atoms with E-state index in [1.165, 1.54) is 0 Å². The number of nitrogens with zero attached hydrogens (tertiary/aromatic N) is 1. The van der Waals surface area contributed by atoms with Crippen LogP contribution in [0.4, 0.5) is 0 Å². The predicted molar refractivity (Wildman–Crippen MR) is 60.7 cm³/mol. The van der Waals surface area contributed by atoms with E-state index in [0.717, 1.165) is 12.0 Å². The molecule has 1 aromatic rings. The first-order valence-corrected chi connectivity index (χ1v) is 5.34. The van der Waals surface area contributed by atoms with E-state index in [1.54, 1.807) is 12.4 Å². The van der Waals surface area contributed by atoms with E-state index in [9.17, 15) is 4.79 Å². The molecule has 3 N–H and O–H groups in total. The standard InChI is InChI=1S/C11H19N3O2/c1-11(2,3)16-10(15)9(12)5-4-8-6-13-14-7-8/h6-7,9H,4-5,12H2,1-3H3,(H,13,14). The molecule has 5 nitrogen and oxygen atoms in total.